The molecule has 2 nitrogen and oxygen atoms in total. The van der Waals surface area contributed by atoms with E-state index in [-0.39, 0.29) is 5.54 Å². The van der Waals surface area contributed by atoms with Crippen molar-refractivity contribution in [2.75, 3.05) is 13.1 Å². The predicted molar refractivity (Wildman–Crippen MR) is 80.3 cm³/mol. The van der Waals surface area contributed by atoms with Gasteiger partial charge in [0, 0.05) is 5.54 Å². The number of aliphatic hydroxyl groups excluding tert-OH is 1. The zero-order chi connectivity index (χ0) is 13.9. The van der Waals surface area contributed by atoms with Gasteiger partial charge in [0.2, 0.25) is 0 Å². The largest absolute Gasteiger partial charge is 0.386 e. The van der Waals surface area contributed by atoms with Gasteiger partial charge in [0.25, 0.3) is 0 Å². The Balaban J connectivity index is 2.18. The van der Waals surface area contributed by atoms with Crippen LogP contribution in [0.15, 0.2) is 24.3 Å². The lowest BCUT2D eigenvalue weighted by Crippen LogP contribution is -2.50. The molecular formula is C17H27NO. The molecule has 1 aliphatic rings. The van der Waals surface area contributed by atoms with E-state index in [1.807, 2.05) is 0 Å². The summed E-state index contributed by atoms with van der Waals surface area (Å²) >= 11 is 0. The first-order valence-electron chi connectivity index (χ1n) is 7.57. The Hall–Kier alpha value is -0.860. The van der Waals surface area contributed by atoms with Crippen molar-refractivity contribution in [2.45, 2.75) is 58.1 Å². The van der Waals surface area contributed by atoms with E-state index >= 15 is 0 Å². The van der Waals surface area contributed by atoms with Crippen LogP contribution < -0.4 is 0 Å². The van der Waals surface area contributed by atoms with Crippen LogP contribution in [0.3, 0.4) is 0 Å². The van der Waals surface area contributed by atoms with E-state index in [0.29, 0.717) is 0 Å². The lowest BCUT2D eigenvalue weighted by Gasteiger charge is -2.44. The molecule has 0 amide bonds. The lowest BCUT2D eigenvalue weighted by atomic mass is 9.87. The minimum absolute atomic E-state index is 0.188. The number of hydrogen-bond donors (Lipinski definition) is 1. The maximum absolute atomic E-state index is 10.8. The summed E-state index contributed by atoms with van der Waals surface area (Å²) in [5, 5.41) is 10.8. The maximum atomic E-state index is 10.8. The van der Waals surface area contributed by atoms with Gasteiger partial charge in [0.05, 0.1) is 6.10 Å². The molecule has 1 aliphatic heterocycles. The summed E-state index contributed by atoms with van der Waals surface area (Å²) in [5.41, 5.74) is 2.16. The summed E-state index contributed by atoms with van der Waals surface area (Å²) in [4.78, 5) is 2.44. The fourth-order valence-electron chi connectivity index (χ4n) is 3.03. The molecular weight excluding hydrogens is 234 g/mol. The van der Waals surface area contributed by atoms with Gasteiger partial charge < -0.3 is 5.11 Å². The average Bonchev–Trinajstić information content (AvgIpc) is 2.47. The molecule has 0 radical (unpaired) electrons. The van der Waals surface area contributed by atoms with Gasteiger partial charge in [-0.3, -0.25) is 4.90 Å². The highest BCUT2D eigenvalue weighted by Crippen LogP contribution is 2.33. The maximum Gasteiger partial charge on any atom is 0.0968 e. The molecule has 1 N–H and O–H groups in total. The molecule has 1 aromatic carbocycles. The zero-order valence-electron chi connectivity index (χ0n) is 12.5. The van der Waals surface area contributed by atoms with E-state index in [4.69, 9.17) is 0 Å². The highest BCUT2D eigenvalue weighted by molar-refractivity contribution is 5.27. The Morgan fingerprint density at radius 2 is 1.89 bits per heavy atom. The molecule has 0 bridgehead atoms. The molecule has 0 spiro atoms. The number of hydrogen-bond acceptors (Lipinski definition) is 2. The Morgan fingerprint density at radius 1 is 1.21 bits per heavy atom. The molecule has 19 heavy (non-hydrogen) atoms. The Morgan fingerprint density at radius 3 is 2.53 bits per heavy atom. The lowest BCUT2D eigenvalue weighted by molar-refractivity contribution is -0.0209. The molecule has 2 heteroatoms. The van der Waals surface area contributed by atoms with E-state index in [1.54, 1.807) is 0 Å². The highest BCUT2D eigenvalue weighted by atomic mass is 16.3. The van der Waals surface area contributed by atoms with E-state index in [9.17, 15) is 5.11 Å². The van der Waals surface area contributed by atoms with Crippen LogP contribution in [0.2, 0.25) is 0 Å². The average molecular weight is 261 g/mol. The number of rotatable bonds is 4. The summed E-state index contributed by atoms with van der Waals surface area (Å²) in [6.07, 6.45) is 4.44. The Labute approximate surface area is 117 Å². The van der Waals surface area contributed by atoms with Crippen molar-refractivity contribution >= 4 is 0 Å². The van der Waals surface area contributed by atoms with Crippen molar-refractivity contribution in [3.8, 4) is 0 Å². The molecule has 1 saturated heterocycles. The quantitative estimate of drug-likeness (QED) is 0.896. The second kappa shape index (κ2) is 6.06. The van der Waals surface area contributed by atoms with Crippen LogP contribution in [-0.4, -0.2) is 28.6 Å². The third kappa shape index (κ3) is 3.18. The topological polar surface area (TPSA) is 23.5 Å². The smallest absolute Gasteiger partial charge is 0.0968 e. The first kappa shape index (κ1) is 14.5. The summed E-state index contributed by atoms with van der Waals surface area (Å²) in [7, 11) is 0. The van der Waals surface area contributed by atoms with Crippen LogP contribution in [-0.2, 0) is 6.42 Å². The number of aryl methyl sites for hydroxylation is 1. The molecule has 1 heterocycles. The normalized spacial score (nSPS) is 19.4. The van der Waals surface area contributed by atoms with Crippen molar-refractivity contribution in [3.05, 3.63) is 35.4 Å². The number of likely N-dealkylation sites (tertiary alicyclic amines) is 1. The molecule has 0 aromatic heterocycles. The van der Waals surface area contributed by atoms with Gasteiger partial charge in [0.15, 0.2) is 0 Å². The second-order valence-corrected chi connectivity index (χ2v) is 6.20. The number of nitrogens with zero attached hydrogens (tertiary/aromatic N) is 1. The van der Waals surface area contributed by atoms with Gasteiger partial charge in [-0.2, -0.15) is 0 Å². The van der Waals surface area contributed by atoms with Crippen molar-refractivity contribution in [1.29, 1.82) is 0 Å². The second-order valence-electron chi connectivity index (χ2n) is 6.20. The molecule has 2 rings (SSSR count). The Kier molecular flexibility index (Phi) is 4.64. The van der Waals surface area contributed by atoms with Crippen molar-refractivity contribution in [2.24, 2.45) is 0 Å². The molecule has 106 valence electrons. The van der Waals surface area contributed by atoms with Gasteiger partial charge in [0.1, 0.15) is 0 Å². The van der Waals surface area contributed by atoms with Crippen LogP contribution in [0.1, 0.15) is 57.3 Å². The number of aliphatic hydroxyl groups is 1. The monoisotopic (exact) mass is 261 g/mol. The summed E-state index contributed by atoms with van der Waals surface area (Å²) in [6, 6.07) is 8.39. The molecule has 1 aromatic rings. The number of piperidine rings is 1. The third-order valence-corrected chi connectivity index (χ3v) is 4.52. The SMILES string of the molecule is CCc1cccc(C(O)C(C)(C)N2CCCCC2)c1. The summed E-state index contributed by atoms with van der Waals surface area (Å²) in [5.74, 6) is 0. The van der Waals surface area contributed by atoms with Crippen molar-refractivity contribution < 1.29 is 5.11 Å². The fourth-order valence-corrected chi connectivity index (χ4v) is 3.03. The summed E-state index contributed by atoms with van der Waals surface area (Å²) in [6.45, 7) is 8.71. The van der Waals surface area contributed by atoms with E-state index < -0.39 is 6.10 Å². The van der Waals surface area contributed by atoms with Crippen LogP contribution >= 0.6 is 0 Å². The molecule has 0 saturated carbocycles. The highest BCUT2D eigenvalue weighted by Gasteiger charge is 2.35. The predicted octanol–water partition coefficient (Wildman–Crippen LogP) is 3.55. The molecule has 1 fully saturated rings. The van der Waals surface area contributed by atoms with Crippen LogP contribution in [0, 0.1) is 0 Å². The molecule has 1 unspecified atom stereocenters. The fraction of sp³-hybridized carbons (Fsp3) is 0.647. The minimum Gasteiger partial charge on any atom is -0.386 e. The van der Waals surface area contributed by atoms with Crippen LogP contribution in [0.25, 0.3) is 0 Å². The third-order valence-electron chi connectivity index (χ3n) is 4.52. The van der Waals surface area contributed by atoms with Gasteiger partial charge in [-0.05, 0) is 57.3 Å². The Bertz CT molecular complexity index is 407. The number of benzene rings is 1. The van der Waals surface area contributed by atoms with Gasteiger partial charge in [-0.15, -0.1) is 0 Å². The van der Waals surface area contributed by atoms with Crippen molar-refractivity contribution in [3.63, 3.8) is 0 Å². The first-order valence-corrected chi connectivity index (χ1v) is 7.57. The minimum atomic E-state index is -0.419. The van der Waals surface area contributed by atoms with Crippen LogP contribution in [0.5, 0.6) is 0 Å². The van der Waals surface area contributed by atoms with Gasteiger partial charge in [-0.25, -0.2) is 0 Å². The van der Waals surface area contributed by atoms with E-state index in [0.717, 1.165) is 25.1 Å². The first-order chi connectivity index (χ1) is 9.05. The van der Waals surface area contributed by atoms with Crippen molar-refractivity contribution in [1.82, 2.24) is 4.90 Å². The standard InChI is InChI=1S/C17H27NO/c1-4-14-9-8-10-15(13-14)16(19)17(2,3)18-11-6-5-7-12-18/h8-10,13,16,19H,4-7,11-12H2,1-3H3. The van der Waals surface area contributed by atoms with Crippen LogP contribution in [0.4, 0.5) is 0 Å². The molecule has 1 atom stereocenters. The molecule has 0 aliphatic carbocycles. The van der Waals surface area contributed by atoms with Gasteiger partial charge >= 0.3 is 0 Å². The summed E-state index contributed by atoms with van der Waals surface area (Å²) < 4.78 is 0. The van der Waals surface area contributed by atoms with E-state index in [1.165, 1.54) is 24.8 Å². The zero-order valence-corrected chi connectivity index (χ0v) is 12.5. The van der Waals surface area contributed by atoms with Gasteiger partial charge in [-0.1, -0.05) is 37.6 Å². The van der Waals surface area contributed by atoms with E-state index in [2.05, 4.69) is 49.9 Å².